The normalized spacial score (nSPS) is 14.2. The molecule has 0 radical (unpaired) electrons. The van der Waals surface area contributed by atoms with Crippen LogP contribution < -0.4 is 20.9 Å². The summed E-state index contributed by atoms with van der Waals surface area (Å²) in [5.74, 6) is -0.425. The highest BCUT2D eigenvalue weighted by Gasteiger charge is 2.18. The average Bonchev–Trinajstić information content (AvgIpc) is 2.86. The molecule has 0 aromatic heterocycles. The Kier molecular flexibility index (Phi) is 7.44. The number of nitrogens with zero attached hydrogens (tertiary/aromatic N) is 1. The summed E-state index contributed by atoms with van der Waals surface area (Å²) in [5, 5.41) is 9.02. The lowest BCUT2D eigenvalue weighted by Gasteiger charge is -2.29. The SMILES string of the molecule is Cc1ccc(NC(=O)c2ccccc2NC(C)C(=O)Nc2ccc(N3CCOCC3)cc2)cc1. The fourth-order valence-electron chi connectivity index (χ4n) is 3.77. The van der Waals surface area contributed by atoms with Crippen molar-refractivity contribution in [2.24, 2.45) is 0 Å². The van der Waals surface area contributed by atoms with Gasteiger partial charge in [0.15, 0.2) is 0 Å². The van der Waals surface area contributed by atoms with E-state index in [1.54, 1.807) is 25.1 Å². The molecule has 0 spiro atoms. The van der Waals surface area contributed by atoms with Crippen molar-refractivity contribution < 1.29 is 14.3 Å². The third kappa shape index (κ3) is 5.94. The molecule has 1 heterocycles. The number of amides is 2. The molecule has 3 N–H and O–H groups in total. The third-order valence-corrected chi connectivity index (χ3v) is 5.76. The van der Waals surface area contributed by atoms with Gasteiger partial charge in [-0.1, -0.05) is 29.8 Å². The third-order valence-electron chi connectivity index (χ3n) is 5.76. The first-order chi connectivity index (χ1) is 16.5. The second-order valence-corrected chi connectivity index (χ2v) is 8.37. The Balaban J connectivity index is 1.37. The monoisotopic (exact) mass is 458 g/mol. The molecule has 0 saturated carbocycles. The van der Waals surface area contributed by atoms with Gasteiger partial charge in [-0.25, -0.2) is 0 Å². The second kappa shape index (κ2) is 10.9. The van der Waals surface area contributed by atoms with E-state index in [0.717, 1.165) is 48.9 Å². The number of para-hydroxylation sites is 1. The number of aryl methyl sites for hydroxylation is 1. The van der Waals surface area contributed by atoms with E-state index in [1.165, 1.54) is 0 Å². The van der Waals surface area contributed by atoms with Gasteiger partial charge in [-0.2, -0.15) is 0 Å². The first-order valence-electron chi connectivity index (χ1n) is 11.5. The summed E-state index contributed by atoms with van der Waals surface area (Å²) in [6.45, 7) is 6.95. The van der Waals surface area contributed by atoms with Crippen molar-refractivity contribution in [3.05, 3.63) is 83.9 Å². The Bertz CT molecular complexity index is 1120. The number of morpholine rings is 1. The largest absolute Gasteiger partial charge is 0.378 e. The molecule has 1 atom stereocenters. The van der Waals surface area contributed by atoms with Gasteiger partial charge in [0.1, 0.15) is 6.04 Å². The summed E-state index contributed by atoms with van der Waals surface area (Å²) in [4.78, 5) is 27.9. The highest BCUT2D eigenvalue weighted by molar-refractivity contribution is 6.08. The van der Waals surface area contributed by atoms with E-state index in [-0.39, 0.29) is 11.8 Å². The van der Waals surface area contributed by atoms with E-state index < -0.39 is 6.04 Å². The number of benzene rings is 3. The van der Waals surface area contributed by atoms with Crippen LogP contribution >= 0.6 is 0 Å². The molecule has 7 nitrogen and oxygen atoms in total. The van der Waals surface area contributed by atoms with Gasteiger partial charge in [0.05, 0.1) is 18.8 Å². The molecule has 1 unspecified atom stereocenters. The number of carbonyl (C=O) groups is 2. The molecule has 34 heavy (non-hydrogen) atoms. The van der Waals surface area contributed by atoms with Crippen molar-refractivity contribution in [1.82, 2.24) is 0 Å². The molecule has 1 fully saturated rings. The van der Waals surface area contributed by atoms with E-state index in [9.17, 15) is 9.59 Å². The van der Waals surface area contributed by atoms with Gasteiger partial charge < -0.3 is 25.6 Å². The van der Waals surface area contributed by atoms with Crippen molar-refractivity contribution in [3.8, 4) is 0 Å². The van der Waals surface area contributed by atoms with E-state index in [2.05, 4.69) is 20.9 Å². The maximum absolute atomic E-state index is 12.9. The van der Waals surface area contributed by atoms with Crippen LogP contribution in [0, 0.1) is 6.92 Å². The van der Waals surface area contributed by atoms with Crippen LogP contribution in [0.2, 0.25) is 0 Å². The van der Waals surface area contributed by atoms with Gasteiger partial charge in [0.25, 0.3) is 5.91 Å². The fraction of sp³-hybridized carbons (Fsp3) is 0.259. The van der Waals surface area contributed by atoms with Gasteiger partial charge in [0, 0.05) is 35.8 Å². The van der Waals surface area contributed by atoms with Crippen LogP contribution in [0.3, 0.4) is 0 Å². The Hall–Kier alpha value is -3.84. The standard InChI is InChI=1S/C27H30N4O3/c1-19-7-9-21(10-8-19)30-27(33)24-5-3-4-6-25(24)28-20(2)26(32)29-22-11-13-23(14-12-22)31-15-17-34-18-16-31/h3-14,20,28H,15-18H2,1-2H3,(H,29,32)(H,30,33). The Labute approximate surface area is 200 Å². The lowest BCUT2D eigenvalue weighted by atomic mass is 10.1. The molecule has 4 rings (SSSR count). The maximum atomic E-state index is 12.9. The Morgan fingerprint density at radius 2 is 1.47 bits per heavy atom. The van der Waals surface area contributed by atoms with Crippen LogP contribution in [0.4, 0.5) is 22.7 Å². The van der Waals surface area contributed by atoms with Crippen molar-refractivity contribution in [2.75, 3.05) is 47.2 Å². The number of rotatable bonds is 7. The van der Waals surface area contributed by atoms with Gasteiger partial charge in [-0.05, 0) is 62.4 Å². The van der Waals surface area contributed by atoms with Crippen LogP contribution in [-0.2, 0) is 9.53 Å². The number of nitrogens with one attached hydrogen (secondary N) is 3. The predicted molar refractivity (Wildman–Crippen MR) is 137 cm³/mol. The molecular formula is C27H30N4O3. The molecule has 7 heteroatoms. The minimum atomic E-state index is -0.549. The highest BCUT2D eigenvalue weighted by atomic mass is 16.5. The number of hydrogen-bond acceptors (Lipinski definition) is 5. The molecule has 1 saturated heterocycles. The van der Waals surface area contributed by atoms with E-state index in [0.29, 0.717) is 11.3 Å². The number of anilines is 4. The smallest absolute Gasteiger partial charge is 0.257 e. The molecule has 3 aromatic rings. The highest BCUT2D eigenvalue weighted by Crippen LogP contribution is 2.21. The molecule has 1 aliphatic rings. The average molecular weight is 459 g/mol. The number of ether oxygens (including phenoxy) is 1. The van der Waals surface area contributed by atoms with Gasteiger partial charge >= 0.3 is 0 Å². The van der Waals surface area contributed by atoms with Crippen molar-refractivity contribution in [1.29, 1.82) is 0 Å². The van der Waals surface area contributed by atoms with Gasteiger partial charge in [-0.15, -0.1) is 0 Å². The number of carbonyl (C=O) groups excluding carboxylic acids is 2. The van der Waals surface area contributed by atoms with Gasteiger partial charge in [0.2, 0.25) is 5.91 Å². The van der Waals surface area contributed by atoms with Crippen LogP contribution in [0.5, 0.6) is 0 Å². The van der Waals surface area contributed by atoms with Crippen molar-refractivity contribution in [2.45, 2.75) is 19.9 Å². The van der Waals surface area contributed by atoms with E-state index in [4.69, 9.17) is 4.74 Å². The summed E-state index contributed by atoms with van der Waals surface area (Å²) >= 11 is 0. The lowest BCUT2D eigenvalue weighted by Crippen LogP contribution is -2.36. The Morgan fingerprint density at radius 1 is 0.853 bits per heavy atom. The molecule has 2 amide bonds. The molecule has 176 valence electrons. The van der Waals surface area contributed by atoms with Crippen molar-refractivity contribution >= 4 is 34.6 Å². The maximum Gasteiger partial charge on any atom is 0.257 e. The Morgan fingerprint density at radius 3 is 2.18 bits per heavy atom. The van der Waals surface area contributed by atoms with Crippen LogP contribution in [-0.4, -0.2) is 44.2 Å². The molecular weight excluding hydrogens is 428 g/mol. The van der Waals surface area contributed by atoms with Gasteiger partial charge in [-0.3, -0.25) is 9.59 Å². The summed E-state index contributed by atoms with van der Waals surface area (Å²) in [7, 11) is 0. The zero-order valence-corrected chi connectivity index (χ0v) is 19.5. The molecule has 0 aliphatic carbocycles. The minimum absolute atomic E-state index is 0.187. The second-order valence-electron chi connectivity index (χ2n) is 8.37. The summed E-state index contributed by atoms with van der Waals surface area (Å²) in [6, 6.07) is 22.0. The fourth-order valence-corrected chi connectivity index (χ4v) is 3.77. The minimum Gasteiger partial charge on any atom is -0.378 e. The van der Waals surface area contributed by atoms with E-state index in [1.807, 2.05) is 61.5 Å². The quantitative estimate of drug-likeness (QED) is 0.485. The van der Waals surface area contributed by atoms with Crippen LogP contribution in [0.1, 0.15) is 22.8 Å². The summed E-state index contributed by atoms with van der Waals surface area (Å²) in [5.41, 5.74) is 4.74. The zero-order valence-electron chi connectivity index (χ0n) is 19.5. The topological polar surface area (TPSA) is 82.7 Å². The molecule has 3 aromatic carbocycles. The summed E-state index contributed by atoms with van der Waals surface area (Å²) < 4.78 is 5.40. The predicted octanol–water partition coefficient (Wildman–Crippen LogP) is 4.52. The zero-order chi connectivity index (χ0) is 23.9. The molecule has 0 bridgehead atoms. The van der Waals surface area contributed by atoms with Crippen molar-refractivity contribution in [3.63, 3.8) is 0 Å². The lowest BCUT2D eigenvalue weighted by molar-refractivity contribution is -0.116. The first-order valence-corrected chi connectivity index (χ1v) is 11.5. The molecule has 1 aliphatic heterocycles. The van der Waals surface area contributed by atoms with Crippen LogP contribution in [0.15, 0.2) is 72.8 Å². The van der Waals surface area contributed by atoms with Crippen LogP contribution in [0.25, 0.3) is 0 Å². The summed E-state index contributed by atoms with van der Waals surface area (Å²) in [6.07, 6.45) is 0. The number of hydrogen-bond donors (Lipinski definition) is 3. The first kappa shape index (κ1) is 23.3. The van der Waals surface area contributed by atoms with E-state index >= 15 is 0 Å².